The van der Waals surface area contributed by atoms with E-state index in [4.69, 9.17) is 10.7 Å². The van der Waals surface area contributed by atoms with Crippen molar-refractivity contribution in [2.45, 2.75) is 50.9 Å². The third-order valence-electron chi connectivity index (χ3n) is 6.99. The molecule has 1 spiro atoms. The predicted octanol–water partition coefficient (Wildman–Crippen LogP) is 4.80. The molecule has 2 heterocycles. The largest absolute Gasteiger partial charge is 0.340 e. The van der Waals surface area contributed by atoms with E-state index in [0.29, 0.717) is 49.4 Å². The van der Waals surface area contributed by atoms with Crippen molar-refractivity contribution in [2.75, 3.05) is 18.0 Å². The van der Waals surface area contributed by atoms with Gasteiger partial charge in [0.1, 0.15) is 29.2 Å². The third kappa shape index (κ3) is 5.24. The SMILES string of the molecule is N#Cc1ccnc(N2CCC(C(=O)CCCC(CC=N)c3cc(F)cc(F)c3)C3(CC3)C2)n1. The number of anilines is 1. The van der Waals surface area contributed by atoms with Crippen LogP contribution in [0.4, 0.5) is 14.7 Å². The van der Waals surface area contributed by atoms with Gasteiger partial charge in [0.2, 0.25) is 5.95 Å². The van der Waals surface area contributed by atoms with Gasteiger partial charge in [-0.3, -0.25) is 4.79 Å². The molecule has 0 amide bonds. The van der Waals surface area contributed by atoms with Crippen molar-refractivity contribution in [3.8, 4) is 6.07 Å². The minimum atomic E-state index is -0.622. The summed E-state index contributed by atoms with van der Waals surface area (Å²) in [6.07, 6.45) is 7.62. The van der Waals surface area contributed by atoms with E-state index in [9.17, 15) is 13.6 Å². The molecule has 1 saturated heterocycles. The van der Waals surface area contributed by atoms with Crippen LogP contribution in [0.5, 0.6) is 0 Å². The topological polar surface area (TPSA) is 93.7 Å². The number of nitriles is 1. The molecule has 8 heteroatoms. The van der Waals surface area contributed by atoms with Gasteiger partial charge >= 0.3 is 0 Å². The lowest BCUT2D eigenvalue weighted by atomic mass is 9.78. The highest BCUT2D eigenvalue weighted by Crippen LogP contribution is 2.56. The summed E-state index contributed by atoms with van der Waals surface area (Å²) in [6, 6.07) is 7.10. The second kappa shape index (κ2) is 9.74. The molecule has 0 radical (unpaired) electrons. The number of piperidine rings is 1. The first-order valence-corrected chi connectivity index (χ1v) is 11.4. The normalized spacial score (nSPS) is 19.7. The maximum atomic E-state index is 13.6. The molecule has 2 unspecified atom stereocenters. The number of Topliss-reactive ketones (excluding diaryl/α,β-unsaturated/α-hetero) is 1. The van der Waals surface area contributed by atoms with Gasteiger partial charge in [0, 0.05) is 37.7 Å². The Bertz CT molecular complexity index is 1060. The number of ketones is 1. The molecule has 1 aliphatic carbocycles. The molecular weight excluding hydrogens is 424 g/mol. The van der Waals surface area contributed by atoms with Crippen LogP contribution < -0.4 is 4.90 Å². The molecule has 2 aromatic rings. The molecule has 1 N–H and O–H groups in total. The number of rotatable bonds is 9. The van der Waals surface area contributed by atoms with Crippen LogP contribution in [0.1, 0.15) is 62.1 Å². The molecule has 2 atom stereocenters. The first-order valence-electron chi connectivity index (χ1n) is 11.4. The number of nitrogens with zero attached hydrogens (tertiary/aromatic N) is 4. The standard InChI is InChI=1S/C25H27F2N5O/c26-19-12-18(13-20(27)14-19)17(4-9-28)2-1-3-23(33)22-6-11-32(16-25(22)7-8-25)24-30-10-5-21(15-29)31-24/h5,9-10,12-14,17,22,28H,1-4,6-8,11,16H2. The lowest BCUT2D eigenvalue weighted by Crippen LogP contribution is -2.45. The number of hydrogen-bond donors (Lipinski definition) is 1. The van der Waals surface area contributed by atoms with Crippen molar-refractivity contribution in [1.82, 2.24) is 9.97 Å². The molecule has 1 aliphatic heterocycles. The number of nitrogens with one attached hydrogen (secondary N) is 1. The molecule has 0 bridgehead atoms. The van der Waals surface area contributed by atoms with E-state index in [1.165, 1.54) is 18.3 Å². The highest BCUT2D eigenvalue weighted by molar-refractivity contribution is 5.82. The van der Waals surface area contributed by atoms with Crippen LogP contribution in [-0.2, 0) is 4.79 Å². The Balaban J connectivity index is 1.35. The van der Waals surface area contributed by atoms with Crippen molar-refractivity contribution < 1.29 is 13.6 Å². The van der Waals surface area contributed by atoms with Crippen LogP contribution in [-0.4, -0.2) is 35.1 Å². The summed E-state index contributed by atoms with van der Waals surface area (Å²) >= 11 is 0. The Hall–Kier alpha value is -3.21. The number of halogens is 2. The highest BCUT2D eigenvalue weighted by Gasteiger charge is 2.54. The van der Waals surface area contributed by atoms with Crippen molar-refractivity contribution in [3.63, 3.8) is 0 Å². The van der Waals surface area contributed by atoms with Gasteiger partial charge in [-0.1, -0.05) is 0 Å². The highest BCUT2D eigenvalue weighted by atomic mass is 19.1. The molecule has 1 saturated carbocycles. The molecule has 2 fully saturated rings. The average molecular weight is 452 g/mol. The molecular formula is C25H27F2N5O. The molecule has 6 nitrogen and oxygen atoms in total. The minimum absolute atomic E-state index is 0.000649. The van der Waals surface area contributed by atoms with Gasteiger partial charge in [0.15, 0.2) is 0 Å². The van der Waals surface area contributed by atoms with Crippen molar-refractivity contribution in [3.05, 3.63) is 53.4 Å². The average Bonchev–Trinajstić information content (AvgIpc) is 3.56. The Kier molecular flexibility index (Phi) is 6.77. The molecule has 1 aromatic carbocycles. The fraction of sp³-hybridized carbons (Fsp3) is 0.480. The Labute approximate surface area is 192 Å². The van der Waals surface area contributed by atoms with Gasteiger partial charge in [-0.2, -0.15) is 5.26 Å². The van der Waals surface area contributed by atoms with Gasteiger partial charge in [-0.05, 0) is 79.8 Å². The predicted molar refractivity (Wildman–Crippen MR) is 120 cm³/mol. The fourth-order valence-electron chi connectivity index (χ4n) is 5.13. The Morgan fingerprint density at radius 2 is 2.09 bits per heavy atom. The number of carbonyl (C=O) groups is 1. The van der Waals surface area contributed by atoms with Crippen LogP contribution in [0.3, 0.4) is 0 Å². The monoisotopic (exact) mass is 451 g/mol. The van der Waals surface area contributed by atoms with E-state index in [1.54, 1.807) is 12.3 Å². The number of carbonyl (C=O) groups excluding carboxylic acids is 1. The zero-order valence-corrected chi connectivity index (χ0v) is 18.4. The second-order valence-corrected chi connectivity index (χ2v) is 9.18. The maximum absolute atomic E-state index is 13.6. The lowest BCUT2D eigenvalue weighted by molar-refractivity contribution is -0.125. The van der Waals surface area contributed by atoms with Crippen LogP contribution in [0, 0.1) is 39.7 Å². The summed E-state index contributed by atoms with van der Waals surface area (Å²) in [5.74, 6) is -0.631. The van der Waals surface area contributed by atoms with E-state index in [0.717, 1.165) is 31.9 Å². The molecule has 2 aliphatic rings. The first kappa shape index (κ1) is 23.0. The van der Waals surface area contributed by atoms with Crippen LogP contribution in [0.25, 0.3) is 0 Å². The summed E-state index contributed by atoms with van der Waals surface area (Å²) < 4.78 is 27.3. The third-order valence-corrected chi connectivity index (χ3v) is 6.99. The summed E-state index contributed by atoms with van der Waals surface area (Å²) in [5.41, 5.74) is 0.831. The summed E-state index contributed by atoms with van der Waals surface area (Å²) in [5, 5.41) is 16.5. The zero-order chi connectivity index (χ0) is 23.4. The van der Waals surface area contributed by atoms with E-state index >= 15 is 0 Å². The van der Waals surface area contributed by atoms with Gasteiger partial charge in [-0.15, -0.1) is 0 Å². The van der Waals surface area contributed by atoms with E-state index in [1.807, 2.05) is 6.07 Å². The Morgan fingerprint density at radius 3 is 2.76 bits per heavy atom. The van der Waals surface area contributed by atoms with Crippen molar-refractivity contribution >= 4 is 17.9 Å². The van der Waals surface area contributed by atoms with E-state index in [-0.39, 0.29) is 23.0 Å². The van der Waals surface area contributed by atoms with E-state index in [2.05, 4.69) is 14.9 Å². The fourth-order valence-corrected chi connectivity index (χ4v) is 5.13. The van der Waals surface area contributed by atoms with Crippen molar-refractivity contribution in [1.29, 1.82) is 10.7 Å². The molecule has 1 aromatic heterocycles. The molecule has 4 rings (SSSR count). The summed E-state index contributed by atoms with van der Waals surface area (Å²) in [7, 11) is 0. The minimum Gasteiger partial charge on any atom is -0.340 e. The number of aromatic nitrogens is 2. The van der Waals surface area contributed by atoms with Crippen LogP contribution in [0.2, 0.25) is 0 Å². The Morgan fingerprint density at radius 1 is 1.33 bits per heavy atom. The van der Waals surface area contributed by atoms with Crippen molar-refractivity contribution in [2.24, 2.45) is 11.3 Å². The van der Waals surface area contributed by atoms with Crippen LogP contribution >= 0.6 is 0 Å². The van der Waals surface area contributed by atoms with Gasteiger partial charge in [0.25, 0.3) is 0 Å². The summed E-state index contributed by atoms with van der Waals surface area (Å²) in [4.78, 5) is 23.8. The quantitative estimate of drug-likeness (QED) is 0.553. The molecule has 172 valence electrons. The van der Waals surface area contributed by atoms with Crippen LogP contribution in [0.15, 0.2) is 30.5 Å². The van der Waals surface area contributed by atoms with Gasteiger partial charge in [0.05, 0.1) is 0 Å². The smallest absolute Gasteiger partial charge is 0.226 e. The zero-order valence-electron chi connectivity index (χ0n) is 18.4. The maximum Gasteiger partial charge on any atom is 0.226 e. The van der Waals surface area contributed by atoms with Gasteiger partial charge in [-0.25, -0.2) is 18.7 Å². The van der Waals surface area contributed by atoms with E-state index < -0.39 is 11.6 Å². The molecule has 33 heavy (non-hydrogen) atoms. The summed E-state index contributed by atoms with van der Waals surface area (Å²) in [6.45, 7) is 1.39. The number of hydrogen-bond acceptors (Lipinski definition) is 6. The first-order chi connectivity index (χ1) is 15.9. The number of benzene rings is 1. The second-order valence-electron chi connectivity index (χ2n) is 9.18. The van der Waals surface area contributed by atoms with Gasteiger partial charge < -0.3 is 10.3 Å². The lowest BCUT2D eigenvalue weighted by Gasteiger charge is -2.38.